The second-order valence-electron chi connectivity index (χ2n) is 4.35. The summed E-state index contributed by atoms with van der Waals surface area (Å²) in [5.41, 5.74) is 7.65. The van der Waals surface area contributed by atoms with Crippen molar-refractivity contribution in [3.8, 4) is 0 Å². The fourth-order valence-corrected chi connectivity index (χ4v) is 2.97. The first-order valence-electron chi connectivity index (χ1n) is 6.27. The lowest BCUT2D eigenvalue weighted by molar-refractivity contribution is -0.384. The summed E-state index contributed by atoms with van der Waals surface area (Å²) < 4.78 is 1.95. The highest BCUT2D eigenvalue weighted by Crippen LogP contribution is 2.31. The molecule has 0 atom stereocenters. The molecule has 2 heterocycles. The van der Waals surface area contributed by atoms with E-state index in [2.05, 4.69) is 4.98 Å². The van der Waals surface area contributed by atoms with Gasteiger partial charge in [0.15, 0.2) is 0 Å². The predicted molar refractivity (Wildman–Crippen MR) is 80.3 cm³/mol. The van der Waals surface area contributed by atoms with Gasteiger partial charge in [-0.15, -0.1) is 0 Å². The molecule has 3 rings (SSSR count). The van der Waals surface area contributed by atoms with Crippen LogP contribution in [0.1, 0.15) is 5.69 Å². The van der Waals surface area contributed by atoms with Crippen molar-refractivity contribution in [2.24, 2.45) is 5.73 Å². The number of non-ortho nitro benzene ring substituents is 1. The summed E-state index contributed by atoms with van der Waals surface area (Å²) in [4.78, 5) is 15.7. The topological polar surface area (TPSA) is 86.5 Å². The minimum Gasteiger partial charge on any atom is -0.325 e. The average molecular weight is 300 g/mol. The number of rotatable bonds is 4. The van der Waals surface area contributed by atoms with Crippen molar-refractivity contribution in [2.75, 3.05) is 0 Å². The van der Waals surface area contributed by atoms with Crippen molar-refractivity contribution in [3.05, 3.63) is 64.5 Å². The van der Waals surface area contributed by atoms with Crippen molar-refractivity contribution in [1.29, 1.82) is 0 Å². The minimum absolute atomic E-state index is 0.0772. The predicted octanol–water partition coefficient (Wildman–Crippen LogP) is 2.85. The molecule has 0 bridgehead atoms. The molecule has 0 saturated heterocycles. The van der Waals surface area contributed by atoms with Crippen LogP contribution in [0.15, 0.2) is 58.6 Å². The molecule has 0 radical (unpaired) electrons. The van der Waals surface area contributed by atoms with E-state index in [1.54, 1.807) is 12.1 Å². The molecule has 3 aromatic rings. The van der Waals surface area contributed by atoms with Crippen molar-refractivity contribution < 1.29 is 4.92 Å². The van der Waals surface area contributed by atoms with Crippen molar-refractivity contribution in [2.45, 2.75) is 16.5 Å². The molecule has 0 spiro atoms. The Morgan fingerprint density at radius 1 is 1.24 bits per heavy atom. The van der Waals surface area contributed by atoms with Crippen LogP contribution in [0, 0.1) is 10.1 Å². The van der Waals surface area contributed by atoms with E-state index in [-0.39, 0.29) is 5.69 Å². The van der Waals surface area contributed by atoms with Crippen molar-refractivity contribution in [1.82, 2.24) is 9.38 Å². The molecule has 0 fully saturated rings. The van der Waals surface area contributed by atoms with Gasteiger partial charge in [-0.2, -0.15) is 0 Å². The molecule has 1 aromatic carbocycles. The van der Waals surface area contributed by atoms with Crippen LogP contribution in [0.2, 0.25) is 0 Å². The number of imidazole rings is 1. The Kier molecular flexibility index (Phi) is 3.59. The van der Waals surface area contributed by atoms with Crippen LogP contribution >= 0.6 is 11.8 Å². The second-order valence-corrected chi connectivity index (χ2v) is 5.41. The summed E-state index contributed by atoms with van der Waals surface area (Å²) in [5, 5.41) is 11.5. The van der Waals surface area contributed by atoms with Gasteiger partial charge in [-0.25, -0.2) is 4.98 Å². The second kappa shape index (κ2) is 5.55. The SMILES string of the molecule is NCc1c(Sc2ccc([N+](=O)[O-])cc2)nc2ccccn12. The van der Waals surface area contributed by atoms with E-state index >= 15 is 0 Å². The largest absolute Gasteiger partial charge is 0.325 e. The third-order valence-corrected chi connectivity index (χ3v) is 4.08. The molecular formula is C14H12N4O2S. The number of pyridine rings is 1. The first kappa shape index (κ1) is 13.6. The lowest BCUT2D eigenvalue weighted by atomic mass is 10.3. The number of hydrogen-bond acceptors (Lipinski definition) is 5. The Labute approximate surface area is 124 Å². The Bertz CT molecular complexity index is 798. The summed E-state index contributed by atoms with van der Waals surface area (Å²) in [6.45, 7) is 0.375. The number of nitrogens with two attached hydrogens (primary N) is 1. The van der Waals surface area contributed by atoms with Crippen LogP contribution in [-0.2, 0) is 6.54 Å². The molecule has 106 valence electrons. The fourth-order valence-electron chi connectivity index (χ4n) is 2.04. The van der Waals surface area contributed by atoms with Crippen LogP contribution in [-0.4, -0.2) is 14.3 Å². The third kappa shape index (κ3) is 2.61. The Hall–Kier alpha value is -2.38. The van der Waals surface area contributed by atoms with Crippen molar-refractivity contribution >= 4 is 23.1 Å². The summed E-state index contributed by atoms with van der Waals surface area (Å²) >= 11 is 1.45. The Morgan fingerprint density at radius 3 is 2.67 bits per heavy atom. The number of fused-ring (bicyclic) bond motifs is 1. The van der Waals surface area contributed by atoms with Crippen LogP contribution in [0.25, 0.3) is 5.65 Å². The summed E-state index contributed by atoms with van der Waals surface area (Å²) in [6.07, 6.45) is 1.92. The Morgan fingerprint density at radius 2 is 2.00 bits per heavy atom. The third-order valence-electron chi connectivity index (χ3n) is 3.05. The van der Waals surface area contributed by atoms with Crippen molar-refractivity contribution in [3.63, 3.8) is 0 Å². The molecule has 2 aromatic heterocycles. The zero-order valence-electron chi connectivity index (χ0n) is 11.0. The number of nitro benzene ring substituents is 1. The molecule has 7 heteroatoms. The number of nitrogens with zero attached hydrogens (tertiary/aromatic N) is 3. The van der Waals surface area contributed by atoms with Crippen LogP contribution in [0.4, 0.5) is 5.69 Å². The summed E-state index contributed by atoms with van der Waals surface area (Å²) in [5.74, 6) is 0. The first-order chi connectivity index (χ1) is 10.2. The van der Waals surface area contributed by atoms with Gasteiger partial charge in [0.1, 0.15) is 10.7 Å². The zero-order chi connectivity index (χ0) is 14.8. The van der Waals surface area contributed by atoms with E-state index in [1.165, 1.54) is 23.9 Å². The number of benzene rings is 1. The maximum atomic E-state index is 10.7. The van der Waals surface area contributed by atoms with Gasteiger partial charge in [-0.1, -0.05) is 17.8 Å². The lowest BCUT2D eigenvalue weighted by Gasteiger charge is -2.02. The molecule has 2 N–H and O–H groups in total. The van der Waals surface area contributed by atoms with Crippen LogP contribution in [0.5, 0.6) is 0 Å². The van der Waals surface area contributed by atoms with Gasteiger partial charge in [0.25, 0.3) is 5.69 Å². The summed E-state index contributed by atoms with van der Waals surface area (Å²) in [6, 6.07) is 12.2. The smallest absolute Gasteiger partial charge is 0.269 e. The quantitative estimate of drug-likeness (QED) is 0.591. The van der Waals surface area contributed by atoms with Gasteiger partial charge in [-0.3, -0.25) is 10.1 Å². The van der Waals surface area contributed by atoms with E-state index in [0.717, 1.165) is 21.3 Å². The molecule has 0 aliphatic heterocycles. The molecule has 0 aliphatic carbocycles. The zero-order valence-corrected chi connectivity index (χ0v) is 11.8. The van der Waals surface area contributed by atoms with Crippen LogP contribution in [0.3, 0.4) is 0 Å². The van der Waals surface area contributed by atoms with Crippen LogP contribution < -0.4 is 5.73 Å². The monoisotopic (exact) mass is 300 g/mol. The highest BCUT2D eigenvalue weighted by atomic mass is 32.2. The fraction of sp³-hybridized carbons (Fsp3) is 0.0714. The first-order valence-corrected chi connectivity index (χ1v) is 7.09. The standard InChI is InChI=1S/C14H12N4O2S/c15-9-12-14(16-13-3-1-2-8-17(12)13)21-11-6-4-10(5-7-11)18(19)20/h1-8H,9,15H2. The number of aromatic nitrogens is 2. The van der Waals surface area contributed by atoms with Gasteiger partial charge in [0.2, 0.25) is 0 Å². The highest BCUT2D eigenvalue weighted by Gasteiger charge is 2.12. The number of nitro groups is 1. The van der Waals surface area contributed by atoms with E-state index in [9.17, 15) is 10.1 Å². The van der Waals surface area contributed by atoms with E-state index < -0.39 is 4.92 Å². The van der Waals surface area contributed by atoms with Gasteiger partial charge >= 0.3 is 0 Å². The van der Waals surface area contributed by atoms with E-state index in [1.807, 2.05) is 28.8 Å². The minimum atomic E-state index is -0.412. The normalized spacial score (nSPS) is 10.9. The van der Waals surface area contributed by atoms with Gasteiger partial charge in [0, 0.05) is 29.8 Å². The van der Waals surface area contributed by atoms with Gasteiger partial charge in [0.05, 0.1) is 10.6 Å². The highest BCUT2D eigenvalue weighted by molar-refractivity contribution is 7.99. The molecule has 6 nitrogen and oxygen atoms in total. The molecule has 0 unspecified atom stereocenters. The molecule has 0 aliphatic rings. The molecule has 0 saturated carbocycles. The molecule has 0 amide bonds. The van der Waals surface area contributed by atoms with Gasteiger partial charge in [-0.05, 0) is 24.3 Å². The van der Waals surface area contributed by atoms with E-state index in [4.69, 9.17) is 5.73 Å². The lowest BCUT2D eigenvalue weighted by Crippen LogP contribution is -2.01. The van der Waals surface area contributed by atoms with Gasteiger partial charge < -0.3 is 10.1 Å². The average Bonchev–Trinajstić information content (AvgIpc) is 2.84. The Balaban J connectivity index is 1.95. The number of hydrogen-bond donors (Lipinski definition) is 1. The molecule has 21 heavy (non-hydrogen) atoms. The maximum Gasteiger partial charge on any atom is 0.269 e. The van der Waals surface area contributed by atoms with E-state index in [0.29, 0.717) is 6.54 Å². The maximum absolute atomic E-state index is 10.7. The summed E-state index contributed by atoms with van der Waals surface area (Å²) in [7, 11) is 0. The molecular weight excluding hydrogens is 288 g/mol.